The Balaban J connectivity index is 3.25. The van der Waals surface area contributed by atoms with Crippen LogP contribution in [-0.2, 0) is 4.57 Å². The summed E-state index contributed by atoms with van der Waals surface area (Å²) < 4.78 is 21.9. The van der Waals surface area contributed by atoms with Crippen LogP contribution in [0.15, 0.2) is 18.2 Å². The van der Waals surface area contributed by atoms with Crippen molar-refractivity contribution in [2.24, 2.45) is 0 Å². The molecule has 0 amide bonds. The van der Waals surface area contributed by atoms with Crippen LogP contribution in [0.3, 0.4) is 0 Å². The molecule has 4 nitrogen and oxygen atoms in total. The normalized spacial score (nSPS) is 14.4. The molecule has 1 unspecified atom stereocenters. The smallest absolute Gasteiger partial charge is 0.233 e. The Labute approximate surface area is 89.3 Å². The van der Waals surface area contributed by atoms with Crippen LogP contribution in [0.1, 0.15) is 6.92 Å². The third-order valence-corrected chi connectivity index (χ3v) is 4.17. The predicted molar refractivity (Wildman–Crippen MR) is 59.5 cm³/mol. The molecule has 0 aliphatic rings. The molecule has 1 N–H and O–H groups in total. The van der Waals surface area contributed by atoms with Gasteiger partial charge in [-0.25, -0.2) is 0 Å². The second-order valence-corrected chi connectivity index (χ2v) is 5.57. The van der Waals surface area contributed by atoms with Crippen molar-refractivity contribution in [1.29, 1.82) is 0 Å². The van der Waals surface area contributed by atoms with E-state index in [1.165, 1.54) is 14.2 Å². The van der Waals surface area contributed by atoms with E-state index in [9.17, 15) is 9.46 Å². The molecule has 0 heterocycles. The first-order chi connectivity index (χ1) is 7.05. The summed E-state index contributed by atoms with van der Waals surface area (Å²) in [6, 6.07) is 4.83. The highest BCUT2D eigenvalue weighted by Crippen LogP contribution is 2.42. The summed E-state index contributed by atoms with van der Waals surface area (Å²) in [6.07, 6.45) is 0.190. The van der Waals surface area contributed by atoms with Gasteiger partial charge in [-0.2, -0.15) is 0 Å². The second-order valence-electron chi connectivity index (χ2n) is 3.06. The summed E-state index contributed by atoms with van der Waals surface area (Å²) in [4.78, 5) is 9.70. The van der Waals surface area contributed by atoms with E-state index in [2.05, 4.69) is 0 Å². The first-order valence-corrected chi connectivity index (χ1v) is 6.44. The Bertz CT molecular complexity index is 389. The summed E-state index contributed by atoms with van der Waals surface area (Å²) in [7, 11) is -0.290. The Morgan fingerprint density at radius 1 is 1.33 bits per heavy atom. The predicted octanol–water partition coefficient (Wildman–Crippen LogP) is 1.62. The van der Waals surface area contributed by atoms with E-state index in [1.54, 1.807) is 25.1 Å². The third kappa shape index (κ3) is 2.52. The van der Waals surface area contributed by atoms with Crippen molar-refractivity contribution < 1.29 is 18.9 Å². The fraction of sp³-hybridized carbons (Fsp3) is 0.400. The number of ether oxygens (including phenoxy) is 2. The van der Waals surface area contributed by atoms with Crippen LogP contribution in [-0.4, -0.2) is 25.3 Å². The summed E-state index contributed by atoms with van der Waals surface area (Å²) in [6.45, 7) is 1.67. The monoisotopic (exact) mass is 230 g/mol. The van der Waals surface area contributed by atoms with Crippen LogP contribution < -0.4 is 14.8 Å². The lowest BCUT2D eigenvalue weighted by molar-refractivity contribution is 0.395. The van der Waals surface area contributed by atoms with E-state index in [0.717, 1.165) is 0 Å². The largest absolute Gasteiger partial charge is 0.497 e. The molecular weight excluding hydrogens is 215 g/mol. The summed E-state index contributed by atoms with van der Waals surface area (Å²) >= 11 is 0. The zero-order valence-electron chi connectivity index (χ0n) is 9.06. The van der Waals surface area contributed by atoms with Gasteiger partial charge in [-0.1, -0.05) is 6.92 Å². The zero-order chi connectivity index (χ0) is 11.5. The van der Waals surface area contributed by atoms with E-state index in [-0.39, 0.29) is 6.16 Å². The van der Waals surface area contributed by atoms with Crippen molar-refractivity contribution in [3.8, 4) is 11.5 Å². The van der Waals surface area contributed by atoms with Crippen LogP contribution >= 0.6 is 7.37 Å². The van der Waals surface area contributed by atoms with Crippen molar-refractivity contribution >= 4 is 12.7 Å². The van der Waals surface area contributed by atoms with E-state index in [1.807, 2.05) is 0 Å². The molecule has 0 bridgehead atoms. The lowest BCUT2D eigenvalue weighted by Gasteiger charge is -2.14. The molecule has 5 heteroatoms. The molecule has 1 atom stereocenters. The second kappa shape index (κ2) is 4.69. The third-order valence-electron chi connectivity index (χ3n) is 2.19. The number of benzene rings is 1. The Kier molecular flexibility index (Phi) is 3.77. The topological polar surface area (TPSA) is 55.8 Å². The van der Waals surface area contributed by atoms with Crippen molar-refractivity contribution in [3.05, 3.63) is 18.2 Å². The van der Waals surface area contributed by atoms with Crippen LogP contribution in [0.25, 0.3) is 0 Å². The van der Waals surface area contributed by atoms with Gasteiger partial charge < -0.3 is 14.4 Å². The molecule has 0 aliphatic heterocycles. The molecule has 1 aromatic carbocycles. The van der Waals surface area contributed by atoms with E-state index >= 15 is 0 Å². The lowest BCUT2D eigenvalue weighted by Crippen LogP contribution is -2.10. The first kappa shape index (κ1) is 12.1. The maximum absolute atomic E-state index is 11.8. The maximum Gasteiger partial charge on any atom is 0.233 e. The molecule has 0 saturated carbocycles. The Hall–Kier alpha value is -0.990. The van der Waals surface area contributed by atoms with Crippen molar-refractivity contribution in [2.75, 3.05) is 20.4 Å². The van der Waals surface area contributed by atoms with Crippen molar-refractivity contribution in [3.63, 3.8) is 0 Å². The van der Waals surface area contributed by atoms with Crippen molar-refractivity contribution in [2.45, 2.75) is 6.92 Å². The average Bonchev–Trinajstić information content (AvgIpc) is 2.28. The molecule has 0 fully saturated rings. The molecule has 0 aromatic heterocycles. The molecule has 1 rings (SSSR count). The Morgan fingerprint density at radius 2 is 2.00 bits per heavy atom. The number of rotatable bonds is 4. The lowest BCUT2D eigenvalue weighted by atomic mass is 10.3. The van der Waals surface area contributed by atoms with Crippen LogP contribution in [0.5, 0.6) is 11.5 Å². The number of hydrogen-bond acceptors (Lipinski definition) is 3. The Morgan fingerprint density at radius 3 is 2.47 bits per heavy atom. The van der Waals surface area contributed by atoms with Gasteiger partial charge >= 0.3 is 0 Å². The summed E-state index contributed by atoms with van der Waals surface area (Å²) in [5.74, 6) is 0.994. The highest BCUT2D eigenvalue weighted by molar-refractivity contribution is 7.66. The van der Waals surface area contributed by atoms with Crippen LogP contribution in [0.2, 0.25) is 0 Å². The SMILES string of the molecule is CCP(=O)(O)c1ccc(OC)cc1OC. The molecule has 0 aliphatic carbocycles. The average molecular weight is 230 g/mol. The summed E-state index contributed by atoms with van der Waals surface area (Å²) in [5, 5.41) is 0.341. The van der Waals surface area contributed by atoms with Gasteiger partial charge in [0.05, 0.1) is 19.5 Å². The highest BCUT2D eigenvalue weighted by atomic mass is 31.2. The number of methoxy groups -OCH3 is 2. The zero-order valence-corrected chi connectivity index (χ0v) is 9.95. The quantitative estimate of drug-likeness (QED) is 0.798. The molecule has 0 spiro atoms. The maximum atomic E-state index is 11.8. The van der Waals surface area contributed by atoms with Gasteiger partial charge in [-0.3, -0.25) is 4.57 Å². The molecule has 15 heavy (non-hydrogen) atoms. The van der Waals surface area contributed by atoms with Gasteiger partial charge in [-0.15, -0.1) is 0 Å². The first-order valence-electron chi connectivity index (χ1n) is 4.59. The molecular formula is C10H15O4P. The van der Waals surface area contributed by atoms with Gasteiger partial charge in [0.2, 0.25) is 7.37 Å². The van der Waals surface area contributed by atoms with E-state index in [4.69, 9.17) is 9.47 Å². The van der Waals surface area contributed by atoms with Gasteiger partial charge in [0.15, 0.2) is 0 Å². The molecule has 1 aromatic rings. The number of hydrogen-bond donors (Lipinski definition) is 1. The minimum absolute atomic E-state index is 0.190. The minimum atomic E-state index is -3.29. The molecule has 84 valence electrons. The molecule has 0 radical (unpaired) electrons. The van der Waals surface area contributed by atoms with Gasteiger partial charge in [0.25, 0.3) is 0 Å². The standard InChI is InChI=1S/C10H15O4P/c1-4-15(11,12)10-6-5-8(13-2)7-9(10)14-3/h5-7H,4H2,1-3H3,(H,11,12). The highest BCUT2D eigenvalue weighted by Gasteiger charge is 2.23. The van der Waals surface area contributed by atoms with E-state index < -0.39 is 7.37 Å². The fourth-order valence-corrected chi connectivity index (χ4v) is 2.39. The van der Waals surface area contributed by atoms with Gasteiger partial charge in [-0.05, 0) is 12.1 Å². The van der Waals surface area contributed by atoms with Crippen molar-refractivity contribution in [1.82, 2.24) is 0 Å². The summed E-state index contributed by atoms with van der Waals surface area (Å²) in [5.41, 5.74) is 0. The molecule has 0 saturated heterocycles. The fourth-order valence-electron chi connectivity index (χ4n) is 1.24. The van der Waals surface area contributed by atoms with Crippen LogP contribution in [0, 0.1) is 0 Å². The minimum Gasteiger partial charge on any atom is -0.497 e. The van der Waals surface area contributed by atoms with Gasteiger partial charge in [0, 0.05) is 12.2 Å². The van der Waals surface area contributed by atoms with E-state index in [0.29, 0.717) is 16.8 Å². The van der Waals surface area contributed by atoms with Gasteiger partial charge in [0.1, 0.15) is 11.5 Å². The van der Waals surface area contributed by atoms with Crippen LogP contribution in [0.4, 0.5) is 0 Å².